The van der Waals surface area contributed by atoms with E-state index in [4.69, 9.17) is 14.2 Å². The molecule has 3 aromatic rings. The number of esters is 2. The van der Waals surface area contributed by atoms with Gasteiger partial charge in [-0.05, 0) is 57.0 Å². The quantitative estimate of drug-likeness (QED) is 0.413. The molecule has 0 spiro atoms. The standard InChI is InChI=1S/C27H34N4O6/c1-7-35-22(32)16-18-9-8-10-20-23(18)30-25(28-20)29-21(24(33)37-27(2,3)4)15-17-11-13-19(14-12-17)36-26(34)31(5)6/h8-14,21H,7,15-16H2,1-6H3,(H2,28,29,30)/t21-/m0/s1. The Bertz CT molecular complexity index is 1240. The van der Waals surface area contributed by atoms with Crippen molar-refractivity contribution in [1.29, 1.82) is 0 Å². The highest BCUT2D eigenvalue weighted by Gasteiger charge is 2.27. The number of carbonyl (C=O) groups excluding carboxylic acids is 3. The maximum absolute atomic E-state index is 13.1. The number of H-pyrrole nitrogens is 1. The van der Waals surface area contributed by atoms with Gasteiger partial charge in [0.1, 0.15) is 17.4 Å². The molecule has 1 heterocycles. The van der Waals surface area contributed by atoms with Crippen LogP contribution in [0.25, 0.3) is 11.0 Å². The largest absolute Gasteiger partial charge is 0.466 e. The average molecular weight is 511 g/mol. The molecule has 0 saturated carbocycles. The smallest absolute Gasteiger partial charge is 0.414 e. The molecule has 0 fully saturated rings. The number of para-hydroxylation sites is 1. The van der Waals surface area contributed by atoms with Gasteiger partial charge in [0.15, 0.2) is 0 Å². The Hall–Kier alpha value is -4.08. The van der Waals surface area contributed by atoms with Crippen LogP contribution in [-0.4, -0.2) is 65.2 Å². The van der Waals surface area contributed by atoms with Crippen LogP contribution in [0.2, 0.25) is 0 Å². The van der Waals surface area contributed by atoms with Crippen LogP contribution in [0.3, 0.4) is 0 Å². The van der Waals surface area contributed by atoms with Crippen molar-refractivity contribution in [2.75, 3.05) is 26.0 Å². The molecule has 0 saturated heterocycles. The summed E-state index contributed by atoms with van der Waals surface area (Å²) in [4.78, 5) is 46.0. The number of nitrogens with zero attached hydrogens (tertiary/aromatic N) is 2. The molecular formula is C27H34N4O6. The van der Waals surface area contributed by atoms with Gasteiger partial charge in [-0.25, -0.2) is 14.6 Å². The van der Waals surface area contributed by atoms with E-state index in [-0.39, 0.29) is 12.4 Å². The van der Waals surface area contributed by atoms with Crippen molar-refractivity contribution in [2.45, 2.75) is 52.2 Å². The van der Waals surface area contributed by atoms with Crippen molar-refractivity contribution in [3.8, 4) is 5.75 Å². The number of rotatable bonds is 9. The van der Waals surface area contributed by atoms with E-state index in [1.807, 2.05) is 18.2 Å². The highest BCUT2D eigenvalue weighted by atomic mass is 16.6. The number of carbonyl (C=O) groups is 3. The summed E-state index contributed by atoms with van der Waals surface area (Å²) in [6.45, 7) is 7.48. The maximum Gasteiger partial charge on any atom is 0.414 e. The van der Waals surface area contributed by atoms with Gasteiger partial charge < -0.3 is 29.4 Å². The molecule has 10 nitrogen and oxygen atoms in total. The molecule has 37 heavy (non-hydrogen) atoms. The third-order valence-corrected chi connectivity index (χ3v) is 5.17. The summed E-state index contributed by atoms with van der Waals surface area (Å²) >= 11 is 0. The third kappa shape index (κ3) is 7.96. The molecule has 2 N–H and O–H groups in total. The second kappa shape index (κ2) is 11.8. The van der Waals surface area contributed by atoms with E-state index < -0.39 is 23.7 Å². The van der Waals surface area contributed by atoms with Crippen molar-refractivity contribution in [3.63, 3.8) is 0 Å². The summed E-state index contributed by atoms with van der Waals surface area (Å²) in [6.07, 6.45) is -0.0903. The van der Waals surface area contributed by atoms with Gasteiger partial charge in [0.05, 0.1) is 24.1 Å². The SMILES string of the molecule is CCOC(=O)Cc1cccc2[nH]c(N[C@@H](Cc3ccc(OC(=O)N(C)C)cc3)C(=O)OC(C)(C)C)nc12. The molecule has 0 aliphatic carbocycles. The lowest BCUT2D eigenvalue weighted by Crippen LogP contribution is -2.38. The maximum atomic E-state index is 13.1. The Balaban J connectivity index is 1.82. The van der Waals surface area contributed by atoms with Crippen LogP contribution in [0.1, 0.15) is 38.8 Å². The summed E-state index contributed by atoms with van der Waals surface area (Å²) in [6, 6.07) is 11.6. The molecule has 10 heteroatoms. The first-order valence-corrected chi connectivity index (χ1v) is 12.1. The first kappa shape index (κ1) is 27.5. The summed E-state index contributed by atoms with van der Waals surface area (Å²) in [7, 11) is 3.21. The van der Waals surface area contributed by atoms with Crippen LogP contribution in [0.5, 0.6) is 5.75 Å². The molecule has 1 atom stereocenters. The highest BCUT2D eigenvalue weighted by molar-refractivity contribution is 5.86. The first-order chi connectivity index (χ1) is 17.4. The fourth-order valence-corrected chi connectivity index (χ4v) is 3.52. The van der Waals surface area contributed by atoms with Gasteiger partial charge >= 0.3 is 18.0 Å². The normalized spacial score (nSPS) is 12.1. The fourth-order valence-electron chi connectivity index (χ4n) is 3.52. The van der Waals surface area contributed by atoms with Crippen molar-refractivity contribution >= 4 is 35.0 Å². The van der Waals surface area contributed by atoms with Gasteiger partial charge in [-0.2, -0.15) is 0 Å². The van der Waals surface area contributed by atoms with E-state index in [0.717, 1.165) is 16.6 Å². The molecule has 0 radical (unpaired) electrons. The van der Waals surface area contributed by atoms with Gasteiger partial charge in [0.25, 0.3) is 0 Å². The Labute approximate surface area is 216 Å². The number of imidazole rings is 1. The summed E-state index contributed by atoms with van der Waals surface area (Å²) in [5.41, 5.74) is 2.21. The summed E-state index contributed by atoms with van der Waals surface area (Å²) < 4.78 is 16.0. The zero-order valence-corrected chi connectivity index (χ0v) is 22.1. The minimum absolute atomic E-state index is 0.0930. The van der Waals surface area contributed by atoms with E-state index >= 15 is 0 Å². The minimum Gasteiger partial charge on any atom is -0.466 e. The number of amides is 1. The molecule has 198 valence electrons. The van der Waals surface area contributed by atoms with E-state index in [2.05, 4.69) is 15.3 Å². The molecule has 2 aromatic carbocycles. The number of aromatic nitrogens is 2. The Morgan fingerprint density at radius 2 is 1.78 bits per heavy atom. The summed E-state index contributed by atoms with van der Waals surface area (Å²) in [5, 5.41) is 3.16. The molecular weight excluding hydrogens is 476 g/mol. The molecule has 0 bridgehead atoms. The Morgan fingerprint density at radius 3 is 2.41 bits per heavy atom. The zero-order chi connectivity index (χ0) is 27.2. The van der Waals surface area contributed by atoms with Gasteiger partial charge in [-0.1, -0.05) is 24.3 Å². The number of hydrogen-bond acceptors (Lipinski definition) is 8. The van der Waals surface area contributed by atoms with E-state index in [0.29, 0.717) is 30.2 Å². The molecule has 3 rings (SSSR count). The van der Waals surface area contributed by atoms with E-state index in [9.17, 15) is 14.4 Å². The van der Waals surface area contributed by atoms with Crippen LogP contribution in [0.15, 0.2) is 42.5 Å². The predicted octanol–water partition coefficient (Wildman–Crippen LogP) is 4.09. The minimum atomic E-state index is -0.761. The predicted molar refractivity (Wildman–Crippen MR) is 140 cm³/mol. The van der Waals surface area contributed by atoms with Crippen molar-refractivity contribution in [2.24, 2.45) is 0 Å². The molecule has 1 aromatic heterocycles. The lowest BCUT2D eigenvalue weighted by molar-refractivity contribution is -0.155. The van der Waals surface area contributed by atoms with Crippen molar-refractivity contribution < 1.29 is 28.6 Å². The highest BCUT2D eigenvalue weighted by Crippen LogP contribution is 2.22. The Kier molecular flexibility index (Phi) is 8.75. The number of ether oxygens (including phenoxy) is 3. The van der Waals surface area contributed by atoms with E-state index in [1.165, 1.54) is 4.90 Å². The van der Waals surface area contributed by atoms with Gasteiger partial charge in [-0.3, -0.25) is 4.79 Å². The lowest BCUT2D eigenvalue weighted by Gasteiger charge is -2.24. The Morgan fingerprint density at radius 1 is 1.08 bits per heavy atom. The molecule has 0 unspecified atom stereocenters. The fraction of sp³-hybridized carbons (Fsp3) is 0.407. The van der Waals surface area contributed by atoms with Crippen LogP contribution >= 0.6 is 0 Å². The number of aromatic amines is 1. The second-order valence-electron chi connectivity index (χ2n) is 9.72. The summed E-state index contributed by atoms with van der Waals surface area (Å²) in [5.74, 6) is -0.00370. The molecule has 1 amide bonds. The van der Waals surface area contributed by atoms with Gasteiger partial charge in [0, 0.05) is 20.5 Å². The molecule has 0 aliphatic rings. The van der Waals surface area contributed by atoms with Crippen LogP contribution in [0, 0.1) is 0 Å². The van der Waals surface area contributed by atoms with Crippen LogP contribution in [0.4, 0.5) is 10.7 Å². The number of benzene rings is 2. The van der Waals surface area contributed by atoms with Crippen LogP contribution in [-0.2, 0) is 31.9 Å². The van der Waals surface area contributed by atoms with Crippen molar-refractivity contribution in [3.05, 3.63) is 53.6 Å². The zero-order valence-electron chi connectivity index (χ0n) is 22.1. The third-order valence-electron chi connectivity index (χ3n) is 5.17. The number of hydrogen-bond donors (Lipinski definition) is 2. The second-order valence-corrected chi connectivity index (χ2v) is 9.72. The van der Waals surface area contributed by atoms with Crippen molar-refractivity contribution in [1.82, 2.24) is 14.9 Å². The monoisotopic (exact) mass is 510 g/mol. The lowest BCUT2D eigenvalue weighted by atomic mass is 10.1. The first-order valence-electron chi connectivity index (χ1n) is 12.1. The number of fused-ring (bicyclic) bond motifs is 1. The van der Waals surface area contributed by atoms with Gasteiger partial charge in [-0.15, -0.1) is 0 Å². The average Bonchev–Trinajstić information content (AvgIpc) is 3.22. The van der Waals surface area contributed by atoms with Crippen LogP contribution < -0.4 is 10.1 Å². The number of nitrogens with one attached hydrogen (secondary N) is 2. The number of anilines is 1. The van der Waals surface area contributed by atoms with E-state index in [1.54, 1.807) is 66.1 Å². The van der Waals surface area contributed by atoms with Gasteiger partial charge in [0.2, 0.25) is 5.95 Å². The topological polar surface area (TPSA) is 123 Å². The molecule has 0 aliphatic heterocycles.